The molecule has 0 aliphatic carbocycles. The summed E-state index contributed by atoms with van der Waals surface area (Å²) in [6.45, 7) is 4.00. The van der Waals surface area contributed by atoms with Gasteiger partial charge in [0, 0.05) is 0 Å². The Morgan fingerprint density at radius 2 is 1.93 bits per heavy atom. The van der Waals surface area contributed by atoms with Crippen molar-refractivity contribution in [3.8, 4) is 5.75 Å². The molecule has 0 atom stereocenters. The third-order valence-corrected chi connectivity index (χ3v) is 2.57. The predicted octanol–water partition coefficient (Wildman–Crippen LogP) is 1.89. The fraction of sp³-hybridized carbons (Fsp3) is 0.400. The Morgan fingerprint density at radius 3 is 2.33 bits per heavy atom. The van der Waals surface area contributed by atoms with Gasteiger partial charge in [-0.1, -0.05) is 19.9 Å². The lowest BCUT2D eigenvalue weighted by molar-refractivity contribution is 0.476. The van der Waals surface area contributed by atoms with E-state index in [2.05, 4.69) is 4.72 Å². The van der Waals surface area contributed by atoms with Gasteiger partial charge in [0.1, 0.15) is 5.75 Å². The first-order chi connectivity index (χ1) is 6.79. The van der Waals surface area contributed by atoms with Crippen LogP contribution in [-0.4, -0.2) is 19.8 Å². The van der Waals surface area contributed by atoms with Crippen LogP contribution in [0, 0.1) is 0 Å². The molecule has 1 rings (SSSR count). The lowest BCUT2D eigenvalue weighted by Crippen LogP contribution is -2.09. The van der Waals surface area contributed by atoms with Crippen LogP contribution >= 0.6 is 0 Å². The molecule has 0 saturated heterocycles. The zero-order valence-corrected chi connectivity index (χ0v) is 9.80. The molecule has 0 saturated carbocycles. The Bertz CT molecular complexity index is 452. The third kappa shape index (κ3) is 3.43. The first kappa shape index (κ1) is 11.8. The molecule has 84 valence electrons. The van der Waals surface area contributed by atoms with E-state index >= 15 is 0 Å². The van der Waals surface area contributed by atoms with Crippen molar-refractivity contribution in [2.24, 2.45) is 0 Å². The lowest BCUT2D eigenvalue weighted by Gasteiger charge is -2.10. The van der Waals surface area contributed by atoms with Crippen LogP contribution in [0.2, 0.25) is 0 Å². The van der Waals surface area contributed by atoms with Gasteiger partial charge in [-0.05, 0) is 23.6 Å². The zero-order valence-electron chi connectivity index (χ0n) is 8.98. The number of phenols is 1. The molecule has 0 aliphatic heterocycles. The predicted molar refractivity (Wildman–Crippen MR) is 60.7 cm³/mol. The van der Waals surface area contributed by atoms with Crippen molar-refractivity contribution in [1.29, 1.82) is 0 Å². The van der Waals surface area contributed by atoms with Crippen molar-refractivity contribution in [2.75, 3.05) is 11.0 Å². The second-order valence-corrected chi connectivity index (χ2v) is 5.55. The van der Waals surface area contributed by atoms with Gasteiger partial charge in [-0.15, -0.1) is 0 Å². The van der Waals surface area contributed by atoms with Crippen LogP contribution in [0.3, 0.4) is 0 Å². The first-order valence-electron chi connectivity index (χ1n) is 4.60. The average molecular weight is 229 g/mol. The topological polar surface area (TPSA) is 66.4 Å². The molecule has 0 bridgehead atoms. The van der Waals surface area contributed by atoms with Crippen molar-refractivity contribution >= 4 is 15.7 Å². The number of hydrogen-bond acceptors (Lipinski definition) is 3. The molecule has 0 heterocycles. The van der Waals surface area contributed by atoms with Gasteiger partial charge >= 0.3 is 0 Å². The van der Waals surface area contributed by atoms with Crippen molar-refractivity contribution < 1.29 is 13.5 Å². The summed E-state index contributed by atoms with van der Waals surface area (Å²) in [5.74, 6) is 0.245. The molecule has 4 nitrogen and oxygen atoms in total. The second kappa shape index (κ2) is 4.10. The van der Waals surface area contributed by atoms with Crippen molar-refractivity contribution in [3.05, 3.63) is 23.8 Å². The van der Waals surface area contributed by atoms with Crippen molar-refractivity contribution in [1.82, 2.24) is 0 Å². The highest BCUT2D eigenvalue weighted by atomic mass is 32.2. The number of anilines is 1. The fourth-order valence-corrected chi connectivity index (χ4v) is 1.77. The molecule has 0 spiro atoms. The maximum atomic E-state index is 10.9. The summed E-state index contributed by atoms with van der Waals surface area (Å²) < 4.78 is 24.1. The number of sulfonamides is 1. The monoisotopic (exact) mass is 229 g/mol. The highest BCUT2D eigenvalue weighted by Crippen LogP contribution is 2.28. The first-order valence-corrected chi connectivity index (χ1v) is 6.49. The van der Waals surface area contributed by atoms with Crippen LogP contribution < -0.4 is 4.72 Å². The molecule has 1 aromatic rings. The number of benzene rings is 1. The molecule has 15 heavy (non-hydrogen) atoms. The van der Waals surface area contributed by atoms with E-state index in [1.54, 1.807) is 18.2 Å². The molecule has 5 heteroatoms. The Balaban J connectivity index is 3.04. The number of hydrogen-bond donors (Lipinski definition) is 2. The van der Waals surface area contributed by atoms with Crippen LogP contribution in [0.4, 0.5) is 5.69 Å². The molecule has 0 aliphatic rings. The summed E-state index contributed by atoms with van der Waals surface area (Å²) in [5, 5.41) is 9.58. The maximum Gasteiger partial charge on any atom is 0.229 e. The van der Waals surface area contributed by atoms with E-state index in [1.165, 1.54) is 0 Å². The van der Waals surface area contributed by atoms with Gasteiger partial charge in [0.2, 0.25) is 10.0 Å². The van der Waals surface area contributed by atoms with Crippen molar-refractivity contribution in [2.45, 2.75) is 19.8 Å². The highest BCUT2D eigenvalue weighted by molar-refractivity contribution is 7.92. The van der Waals surface area contributed by atoms with Crippen molar-refractivity contribution in [3.63, 3.8) is 0 Å². The summed E-state index contributed by atoms with van der Waals surface area (Å²) in [6.07, 6.45) is 1.04. The molecule has 0 fully saturated rings. The number of nitrogens with one attached hydrogen (secondary N) is 1. The Kier molecular flexibility index (Phi) is 3.24. The third-order valence-electron chi connectivity index (χ3n) is 1.98. The average Bonchev–Trinajstić information content (AvgIpc) is 2.05. The number of rotatable bonds is 3. The molecule has 1 aromatic carbocycles. The van der Waals surface area contributed by atoms with Crippen LogP contribution in [0.25, 0.3) is 0 Å². The smallest absolute Gasteiger partial charge is 0.229 e. The van der Waals surface area contributed by atoms with E-state index in [9.17, 15) is 13.5 Å². The molecule has 0 aromatic heterocycles. The van der Waals surface area contributed by atoms with Gasteiger partial charge in [0.15, 0.2) is 0 Å². The normalized spacial score (nSPS) is 11.7. The van der Waals surface area contributed by atoms with Crippen LogP contribution in [0.5, 0.6) is 5.75 Å². The molecule has 0 radical (unpaired) electrons. The van der Waals surface area contributed by atoms with Crippen LogP contribution in [0.1, 0.15) is 25.3 Å². The molecule has 2 N–H and O–H groups in total. The number of phenolic OH excluding ortho intramolecular Hbond substituents is 1. The van der Waals surface area contributed by atoms with Gasteiger partial charge in [0.25, 0.3) is 0 Å². The summed E-state index contributed by atoms with van der Waals surface area (Å²) in [5.41, 5.74) is 1.17. The molecule has 0 amide bonds. The van der Waals surface area contributed by atoms with Gasteiger partial charge in [-0.2, -0.15) is 0 Å². The standard InChI is InChI=1S/C10H15NO3S/c1-7(2)8-4-5-9(10(12)6-8)11-15(3,13)14/h4-7,11-12H,1-3H3. The largest absolute Gasteiger partial charge is 0.506 e. The van der Waals surface area contributed by atoms with E-state index in [4.69, 9.17) is 0 Å². The lowest BCUT2D eigenvalue weighted by atomic mass is 10.0. The van der Waals surface area contributed by atoms with Gasteiger partial charge in [0.05, 0.1) is 11.9 Å². The fourth-order valence-electron chi connectivity index (χ4n) is 1.19. The van der Waals surface area contributed by atoms with Gasteiger partial charge in [-0.3, -0.25) is 4.72 Å². The molecule has 0 unspecified atom stereocenters. The Hall–Kier alpha value is -1.23. The summed E-state index contributed by atoms with van der Waals surface area (Å²) >= 11 is 0. The second-order valence-electron chi connectivity index (χ2n) is 3.81. The number of aromatic hydroxyl groups is 1. The minimum absolute atomic E-state index is 0.0494. The van der Waals surface area contributed by atoms with Crippen LogP contribution in [-0.2, 0) is 10.0 Å². The quantitative estimate of drug-likeness (QED) is 0.778. The van der Waals surface area contributed by atoms with Crippen LogP contribution in [0.15, 0.2) is 18.2 Å². The minimum atomic E-state index is -3.34. The van der Waals surface area contributed by atoms with E-state index in [0.717, 1.165) is 11.8 Å². The SMILES string of the molecule is CC(C)c1ccc(NS(C)(=O)=O)c(O)c1. The zero-order chi connectivity index (χ0) is 11.6. The van der Waals surface area contributed by atoms with E-state index in [0.29, 0.717) is 5.92 Å². The highest BCUT2D eigenvalue weighted by Gasteiger charge is 2.08. The minimum Gasteiger partial charge on any atom is -0.506 e. The Morgan fingerprint density at radius 1 is 1.33 bits per heavy atom. The Labute approximate surface area is 90.0 Å². The summed E-state index contributed by atoms with van der Waals surface area (Å²) in [4.78, 5) is 0. The van der Waals surface area contributed by atoms with E-state index < -0.39 is 10.0 Å². The van der Waals surface area contributed by atoms with Gasteiger partial charge < -0.3 is 5.11 Å². The summed E-state index contributed by atoms with van der Waals surface area (Å²) in [6, 6.07) is 4.92. The maximum absolute atomic E-state index is 10.9. The van der Waals surface area contributed by atoms with Gasteiger partial charge in [-0.25, -0.2) is 8.42 Å². The van der Waals surface area contributed by atoms with E-state index in [-0.39, 0.29) is 11.4 Å². The summed E-state index contributed by atoms with van der Waals surface area (Å²) in [7, 11) is -3.34. The van der Waals surface area contributed by atoms with E-state index in [1.807, 2.05) is 13.8 Å². The molecular weight excluding hydrogens is 214 g/mol. The molecular formula is C10H15NO3S.